The van der Waals surface area contributed by atoms with E-state index in [1.165, 1.54) is 36.3 Å². The third-order valence-corrected chi connectivity index (χ3v) is 3.34. The van der Waals surface area contributed by atoms with Crippen LogP contribution in [0.4, 0.5) is 4.39 Å². The molecule has 1 heterocycles. The van der Waals surface area contributed by atoms with Gasteiger partial charge in [0.15, 0.2) is 0 Å². The van der Waals surface area contributed by atoms with E-state index in [9.17, 15) is 9.18 Å². The fourth-order valence-corrected chi connectivity index (χ4v) is 2.29. The van der Waals surface area contributed by atoms with Gasteiger partial charge in [-0.05, 0) is 31.4 Å². The van der Waals surface area contributed by atoms with Crippen molar-refractivity contribution in [2.75, 3.05) is 26.2 Å². The van der Waals surface area contributed by atoms with Crippen molar-refractivity contribution in [1.82, 2.24) is 0 Å². The molecule has 3 nitrogen and oxygen atoms in total. The molecule has 4 heteroatoms. The van der Waals surface area contributed by atoms with Gasteiger partial charge in [0.25, 0.3) is 0 Å². The normalized spacial score (nSPS) is 16.5. The summed E-state index contributed by atoms with van der Waals surface area (Å²) in [7, 11) is 0. The summed E-state index contributed by atoms with van der Waals surface area (Å²) >= 11 is 0. The van der Waals surface area contributed by atoms with Crippen molar-refractivity contribution < 1.29 is 18.8 Å². The molecule has 98 valence electrons. The van der Waals surface area contributed by atoms with Gasteiger partial charge in [-0.1, -0.05) is 12.1 Å². The standard InChI is InChI=1S/C14H18FNO2/c15-13-7-3-2-6-12(13)14(17)18-11-10-16-8-4-1-5-9-16/h2-3,6-7H,1,4-5,8-11H2/p+1. The molecule has 0 amide bonds. The van der Waals surface area contributed by atoms with Crippen molar-refractivity contribution in [3.05, 3.63) is 35.6 Å². The topological polar surface area (TPSA) is 30.7 Å². The maximum atomic E-state index is 13.3. The van der Waals surface area contributed by atoms with Crippen LogP contribution in [0.5, 0.6) is 0 Å². The molecule has 0 aromatic heterocycles. The monoisotopic (exact) mass is 252 g/mol. The smallest absolute Gasteiger partial charge is 0.341 e. The molecule has 1 fully saturated rings. The average Bonchev–Trinajstić information content (AvgIpc) is 2.40. The highest BCUT2D eigenvalue weighted by Gasteiger charge is 2.16. The Hall–Kier alpha value is -1.42. The highest BCUT2D eigenvalue weighted by atomic mass is 19.1. The second-order valence-corrected chi connectivity index (χ2v) is 4.68. The molecule has 0 aliphatic carbocycles. The Morgan fingerprint density at radius 2 is 1.94 bits per heavy atom. The van der Waals surface area contributed by atoms with Gasteiger partial charge in [0.1, 0.15) is 19.0 Å². The van der Waals surface area contributed by atoms with Gasteiger partial charge in [-0.15, -0.1) is 0 Å². The van der Waals surface area contributed by atoms with Crippen molar-refractivity contribution in [3.8, 4) is 0 Å². The molecule has 0 bridgehead atoms. The van der Waals surface area contributed by atoms with E-state index in [4.69, 9.17) is 4.74 Å². The number of ether oxygens (including phenoxy) is 1. The minimum absolute atomic E-state index is 0.0196. The second kappa shape index (κ2) is 6.50. The number of nitrogens with one attached hydrogen (secondary N) is 1. The lowest BCUT2D eigenvalue weighted by Gasteiger charge is -2.23. The number of halogens is 1. The summed E-state index contributed by atoms with van der Waals surface area (Å²) < 4.78 is 18.4. The van der Waals surface area contributed by atoms with Gasteiger partial charge in [0.05, 0.1) is 18.7 Å². The number of benzene rings is 1. The molecule has 18 heavy (non-hydrogen) atoms. The van der Waals surface area contributed by atoms with Crippen LogP contribution >= 0.6 is 0 Å². The zero-order chi connectivity index (χ0) is 12.8. The Kier molecular flexibility index (Phi) is 4.70. The van der Waals surface area contributed by atoms with Gasteiger partial charge in [0, 0.05) is 0 Å². The van der Waals surface area contributed by atoms with Crippen molar-refractivity contribution in [1.29, 1.82) is 0 Å². The summed E-state index contributed by atoms with van der Waals surface area (Å²) in [5, 5.41) is 0. The summed E-state index contributed by atoms with van der Waals surface area (Å²) in [6.45, 7) is 3.48. The number of carbonyl (C=O) groups excluding carboxylic acids is 1. The molecule has 1 aliphatic rings. The minimum Gasteiger partial charge on any atom is -0.456 e. The first-order valence-corrected chi connectivity index (χ1v) is 6.52. The van der Waals surface area contributed by atoms with Crippen LogP contribution in [0.1, 0.15) is 29.6 Å². The van der Waals surface area contributed by atoms with Crippen LogP contribution in [0, 0.1) is 5.82 Å². The Balaban J connectivity index is 1.76. The van der Waals surface area contributed by atoms with E-state index in [2.05, 4.69) is 0 Å². The van der Waals surface area contributed by atoms with E-state index in [1.54, 1.807) is 12.1 Å². The molecular formula is C14H19FNO2+. The van der Waals surface area contributed by atoms with Crippen LogP contribution in [0.2, 0.25) is 0 Å². The molecule has 2 rings (SSSR count). The minimum atomic E-state index is -0.565. The Morgan fingerprint density at radius 3 is 2.67 bits per heavy atom. The lowest BCUT2D eigenvalue weighted by molar-refractivity contribution is -0.905. The maximum absolute atomic E-state index is 13.3. The van der Waals surface area contributed by atoms with Crippen LogP contribution in [0.25, 0.3) is 0 Å². The molecule has 0 atom stereocenters. The van der Waals surface area contributed by atoms with Crippen molar-refractivity contribution in [3.63, 3.8) is 0 Å². The average molecular weight is 252 g/mol. The highest BCUT2D eigenvalue weighted by molar-refractivity contribution is 5.89. The zero-order valence-electron chi connectivity index (χ0n) is 10.5. The summed E-state index contributed by atoms with van der Waals surface area (Å²) in [5.74, 6) is -1.09. The number of likely N-dealkylation sites (tertiary alicyclic amines) is 1. The molecule has 0 spiro atoms. The molecule has 1 N–H and O–H groups in total. The number of rotatable bonds is 4. The van der Waals surface area contributed by atoms with Crippen LogP contribution in [0.3, 0.4) is 0 Å². The third kappa shape index (κ3) is 3.53. The fraction of sp³-hybridized carbons (Fsp3) is 0.500. The van der Waals surface area contributed by atoms with Gasteiger partial charge >= 0.3 is 5.97 Å². The summed E-state index contributed by atoms with van der Waals surface area (Å²) in [6, 6.07) is 5.91. The van der Waals surface area contributed by atoms with E-state index >= 15 is 0 Å². The first-order chi connectivity index (χ1) is 8.77. The fourth-order valence-electron chi connectivity index (χ4n) is 2.29. The zero-order valence-corrected chi connectivity index (χ0v) is 10.5. The first-order valence-electron chi connectivity index (χ1n) is 6.52. The number of piperidine rings is 1. The van der Waals surface area contributed by atoms with E-state index in [0.717, 1.165) is 19.6 Å². The van der Waals surface area contributed by atoms with Crippen LogP contribution in [-0.4, -0.2) is 32.2 Å². The SMILES string of the molecule is O=C(OCC[NH+]1CCCCC1)c1ccccc1F. The molecule has 0 saturated carbocycles. The highest BCUT2D eigenvalue weighted by Crippen LogP contribution is 2.07. The Bertz CT molecular complexity index is 403. The van der Waals surface area contributed by atoms with Crippen LogP contribution in [0.15, 0.2) is 24.3 Å². The molecule has 1 aliphatic heterocycles. The second-order valence-electron chi connectivity index (χ2n) is 4.68. The van der Waals surface area contributed by atoms with E-state index in [0.29, 0.717) is 6.61 Å². The van der Waals surface area contributed by atoms with Gasteiger partial charge in [-0.2, -0.15) is 0 Å². The Morgan fingerprint density at radius 1 is 1.22 bits per heavy atom. The van der Waals surface area contributed by atoms with Gasteiger partial charge in [-0.25, -0.2) is 9.18 Å². The largest absolute Gasteiger partial charge is 0.456 e. The molecular weight excluding hydrogens is 233 g/mol. The van der Waals surface area contributed by atoms with E-state index < -0.39 is 11.8 Å². The number of hydrogen-bond acceptors (Lipinski definition) is 2. The Labute approximate surface area is 107 Å². The van der Waals surface area contributed by atoms with Crippen molar-refractivity contribution >= 4 is 5.97 Å². The van der Waals surface area contributed by atoms with Gasteiger partial charge < -0.3 is 9.64 Å². The van der Waals surface area contributed by atoms with Crippen LogP contribution in [-0.2, 0) is 4.74 Å². The summed E-state index contributed by atoms with van der Waals surface area (Å²) in [6.07, 6.45) is 3.80. The number of hydrogen-bond donors (Lipinski definition) is 1. The molecule has 1 aromatic carbocycles. The van der Waals surface area contributed by atoms with E-state index in [-0.39, 0.29) is 5.56 Å². The molecule has 1 saturated heterocycles. The number of esters is 1. The number of carbonyl (C=O) groups is 1. The van der Waals surface area contributed by atoms with Crippen molar-refractivity contribution in [2.45, 2.75) is 19.3 Å². The quantitative estimate of drug-likeness (QED) is 0.812. The van der Waals surface area contributed by atoms with Crippen molar-refractivity contribution in [2.24, 2.45) is 0 Å². The molecule has 0 radical (unpaired) electrons. The predicted octanol–water partition coefficient (Wildman–Crippen LogP) is 1.05. The number of quaternary nitrogens is 1. The van der Waals surface area contributed by atoms with Crippen LogP contribution < -0.4 is 4.90 Å². The molecule has 1 aromatic rings. The summed E-state index contributed by atoms with van der Waals surface area (Å²) in [5.41, 5.74) is 0.0196. The van der Waals surface area contributed by atoms with Gasteiger partial charge in [0.2, 0.25) is 0 Å². The lowest BCUT2D eigenvalue weighted by atomic mass is 10.1. The van der Waals surface area contributed by atoms with E-state index in [1.807, 2.05) is 0 Å². The molecule has 0 unspecified atom stereocenters. The first kappa shape index (κ1) is 13.0. The third-order valence-electron chi connectivity index (χ3n) is 3.34. The predicted molar refractivity (Wildman–Crippen MR) is 66.1 cm³/mol. The summed E-state index contributed by atoms with van der Waals surface area (Å²) in [4.78, 5) is 13.1. The lowest BCUT2D eigenvalue weighted by Crippen LogP contribution is -3.13. The maximum Gasteiger partial charge on any atom is 0.341 e. The van der Waals surface area contributed by atoms with Gasteiger partial charge in [-0.3, -0.25) is 0 Å².